The van der Waals surface area contributed by atoms with Gasteiger partial charge in [0.25, 0.3) is 0 Å². The van der Waals surface area contributed by atoms with Crippen molar-refractivity contribution >= 4 is 45.1 Å². The summed E-state index contributed by atoms with van der Waals surface area (Å²) in [6.07, 6.45) is -4.47. The topological polar surface area (TPSA) is 54.9 Å². The van der Waals surface area contributed by atoms with Gasteiger partial charge in [-0.15, -0.1) is 0 Å². The fraction of sp³-hybridized carbons (Fsp3) is 0.333. The summed E-state index contributed by atoms with van der Waals surface area (Å²) in [4.78, 5) is 8.51. The summed E-state index contributed by atoms with van der Waals surface area (Å²) in [5.41, 5.74) is -0.135. The summed E-state index contributed by atoms with van der Waals surface area (Å²) < 4.78 is 67.7. The van der Waals surface area contributed by atoms with Gasteiger partial charge in [-0.05, 0) is 73.3 Å². The third-order valence-corrected chi connectivity index (χ3v) is 7.64. The van der Waals surface area contributed by atoms with Gasteiger partial charge < -0.3 is 9.88 Å². The molecule has 0 aliphatic heterocycles. The molecule has 31 heavy (non-hydrogen) atoms. The summed E-state index contributed by atoms with van der Waals surface area (Å²) in [5, 5.41) is 3.71. The molecule has 0 fully saturated rings. The number of benzene rings is 2. The molecule has 0 aliphatic rings. The third kappa shape index (κ3) is 4.62. The highest BCUT2D eigenvalue weighted by molar-refractivity contribution is 9.10. The van der Waals surface area contributed by atoms with Crippen molar-refractivity contribution in [3.05, 3.63) is 57.1 Å². The molecule has 1 N–H and O–H groups in total. The van der Waals surface area contributed by atoms with Crippen LogP contribution in [0.25, 0.3) is 10.9 Å². The molecule has 10 heteroatoms. The second kappa shape index (κ2) is 8.17. The van der Waals surface area contributed by atoms with Crippen molar-refractivity contribution in [3.63, 3.8) is 0 Å². The van der Waals surface area contributed by atoms with Crippen LogP contribution < -0.4 is 10.6 Å². The average Bonchev–Trinajstić information content (AvgIpc) is 2.63. The summed E-state index contributed by atoms with van der Waals surface area (Å²) >= 11 is 3.18. The first kappa shape index (κ1) is 23.7. The van der Waals surface area contributed by atoms with Gasteiger partial charge in [0.05, 0.1) is 16.1 Å². The largest absolute Gasteiger partial charge is 0.416 e. The van der Waals surface area contributed by atoms with E-state index in [2.05, 4.69) is 31.2 Å². The minimum Gasteiger partial charge on any atom is -0.363 e. The molecule has 0 spiro atoms. The second-order valence-electron chi connectivity index (χ2n) is 7.77. The monoisotopic (exact) mass is 517 g/mol. The molecule has 0 aliphatic carbocycles. The molecule has 2 aromatic carbocycles. The number of anilines is 1. The van der Waals surface area contributed by atoms with Crippen LogP contribution in [0.15, 0.2) is 28.7 Å². The lowest BCUT2D eigenvalue weighted by molar-refractivity contribution is -0.138. The maximum atomic E-state index is 15.0. The zero-order chi connectivity index (χ0) is 23.3. The number of rotatable bonds is 4. The number of hydrogen-bond donors (Lipinski definition) is 1. The number of aryl methyl sites for hydroxylation is 1. The molecule has 0 saturated carbocycles. The smallest absolute Gasteiger partial charge is 0.363 e. The second-order valence-corrected chi connectivity index (χ2v) is 11.8. The van der Waals surface area contributed by atoms with E-state index in [1.54, 1.807) is 26.0 Å². The Balaban J connectivity index is 2.16. The van der Waals surface area contributed by atoms with Crippen molar-refractivity contribution in [1.82, 2.24) is 9.97 Å². The van der Waals surface area contributed by atoms with E-state index < -0.39 is 30.7 Å². The van der Waals surface area contributed by atoms with Crippen molar-refractivity contribution < 1.29 is 22.1 Å². The van der Waals surface area contributed by atoms with Crippen molar-refractivity contribution in [3.8, 4) is 0 Å². The highest BCUT2D eigenvalue weighted by Gasteiger charge is 2.33. The Kier molecular flexibility index (Phi) is 6.24. The van der Waals surface area contributed by atoms with Gasteiger partial charge in [0.2, 0.25) is 0 Å². The van der Waals surface area contributed by atoms with Crippen LogP contribution >= 0.6 is 23.1 Å². The molecule has 1 aromatic heterocycles. The van der Waals surface area contributed by atoms with Crippen LogP contribution in [0.1, 0.15) is 35.5 Å². The molecule has 0 saturated heterocycles. The number of halogens is 5. The van der Waals surface area contributed by atoms with Crippen LogP contribution in [0.5, 0.6) is 0 Å². The van der Waals surface area contributed by atoms with E-state index in [9.17, 15) is 17.7 Å². The van der Waals surface area contributed by atoms with Crippen molar-refractivity contribution in [2.75, 3.05) is 18.6 Å². The number of aromatic nitrogens is 2. The fourth-order valence-corrected chi connectivity index (χ4v) is 6.11. The Bertz CT molecular complexity index is 1220. The van der Waals surface area contributed by atoms with E-state index in [-0.39, 0.29) is 27.2 Å². The van der Waals surface area contributed by atoms with E-state index in [1.807, 2.05) is 0 Å². The summed E-state index contributed by atoms with van der Waals surface area (Å²) in [5.74, 6) is -0.113. The predicted octanol–water partition coefficient (Wildman–Crippen LogP) is 6.59. The maximum Gasteiger partial charge on any atom is 0.416 e. The first-order valence-electron chi connectivity index (χ1n) is 9.37. The molecule has 0 bridgehead atoms. The Hall–Kier alpha value is -1.99. The number of alkyl halides is 3. The molecule has 1 heterocycles. The predicted molar refractivity (Wildman–Crippen MR) is 119 cm³/mol. The molecule has 166 valence electrons. The standard InChI is InChI=1S/C21H21BrF4N3OP/c1-10-13(7-6-8-15(10)21(24,25)26)11(2)27-20-14-9-16(31(4,5)30)17(22)18(23)19(14)28-12(3)29-20/h6-9,11H,1-5H3,(H,27,28,29)/t11-/m1/s1. The van der Waals surface area contributed by atoms with Gasteiger partial charge in [-0.25, -0.2) is 14.4 Å². The Labute approximate surface area is 186 Å². The Morgan fingerprint density at radius 1 is 1.16 bits per heavy atom. The average molecular weight is 518 g/mol. The zero-order valence-corrected chi connectivity index (χ0v) is 20.0. The fourth-order valence-electron chi connectivity index (χ4n) is 3.52. The number of nitrogens with zero attached hydrogens (tertiary/aromatic N) is 2. The quantitative estimate of drug-likeness (QED) is 0.313. The van der Waals surface area contributed by atoms with Gasteiger partial charge in [-0.1, -0.05) is 12.1 Å². The van der Waals surface area contributed by atoms with E-state index in [1.165, 1.54) is 26.3 Å². The Morgan fingerprint density at radius 3 is 2.39 bits per heavy atom. The lowest BCUT2D eigenvalue weighted by Gasteiger charge is -2.22. The highest BCUT2D eigenvalue weighted by atomic mass is 79.9. The lowest BCUT2D eigenvalue weighted by Crippen LogP contribution is -2.15. The highest BCUT2D eigenvalue weighted by Crippen LogP contribution is 2.41. The van der Waals surface area contributed by atoms with Gasteiger partial charge in [0.1, 0.15) is 24.3 Å². The molecule has 1 atom stereocenters. The first-order chi connectivity index (χ1) is 14.2. The molecule has 4 nitrogen and oxygen atoms in total. The zero-order valence-electron chi connectivity index (χ0n) is 17.5. The number of hydrogen-bond acceptors (Lipinski definition) is 4. The minimum absolute atomic E-state index is 0.0343. The maximum absolute atomic E-state index is 15.0. The summed E-state index contributed by atoms with van der Waals surface area (Å²) in [7, 11) is -2.84. The SMILES string of the molecule is Cc1nc(N[C@H](C)c2cccc(C(F)(F)F)c2C)c2cc(P(C)(C)=O)c(Br)c(F)c2n1. The summed E-state index contributed by atoms with van der Waals surface area (Å²) in [6.45, 7) is 7.76. The van der Waals surface area contributed by atoms with Crippen LogP contribution in [0.4, 0.5) is 23.4 Å². The minimum atomic E-state index is -4.47. The normalized spacial score (nSPS) is 13.5. The molecule has 0 amide bonds. The van der Waals surface area contributed by atoms with Crippen molar-refractivity contribution in [2.24, 2.45) is 0 Å². The van der Waals surface area contributed by atoms with E-state index in [0.717, 1.165) is 6.07 Å². The van der Waals surface area contributed by atoms with Gasteiger partial charge in [0, 0.05) is 10.7 Å². The molecule has 3 aromatic rings. The van der Waals surface area contributed by atoms with Crippen LogP contribution in [-0.2, 0) is 10.7 Å². The molecule has 0 radical (unpaired) electrons. The van der Waals surface area contributed by atoms with Gasteiger partial charge >= 0.3 is 6.18 Å². The van der Waals surface area contributed by atoms with Crippen LogP contribution in [0, 0.1) is 19.7 Å². The molecule has 3 rings (SSSR count). The van der Waals surface area contributed by atoms with Crippen LogP contribution in [-0.4, -0.2) is 23.3 Å². The first-order valence-corrected chi connectivity index (χ1v) is 12.8. The molecule has 0 unspecified atom stereocenters. The van der Waals surface area contributed by atoms with Gasteiger partial charge in [-0.2, -0.15) is 13.2 Å². The third-order valence-electron chi connectivity index (χ3n) is 5.04. The number of nitrogens with one attached hydrogen (secondary N) is 1. The van der Waals surface area contributed by atoms with Gasteiger partial charge in [0.15, 0.2) is 5.82 Å². The van der Waals surface area contributed by atoms with E-state index >= 15 is 4.39 Å². The Morgan fingerprint density at radius 2 is 1.81 bits per heavy atom. The van der Waals surface area contributed by atoms with Crippen molar-refractivity contribution in [2.45, 2.75) is 33.0 Å². The summed E-state index contributed by atoms with van der Waals surface area (Å²) in [6, 6.07) is 5.00. The van der Waals surface area contributed by atoms with E-state index in [0.29, 0.717) is 16.3 Å². The molecular formula is C21H21BrF4N3OP. The van der Waals surface area contributed by atoms with Crippen LogP contribution in [0.3, 0.4) is 0 Å². The molecular weight excluding hydrogens is 497 g/mol. The van der Waals surface area contributed by atoms with Gasteiger partial charge in [-0.3, -0.25) is 0 Å². The van der Waals surface area contributed by atoms with E-state index in [4.69, 9.17) is 0 Å². The van der Waals surface area contributed by atoms with Crippen molar-refractivity contribution in [1.29, 1.82) is 0 Å². The lowest BCUT2D eigenvalue weighted by atomic mass is 9.97. The van der Waals surface area contributed by atoms with Crippen LogP contribution in [0.2, 0.25) is 0 Å². The number of fused-ring (bicyclic) bond motifs is 1.